The Labute approximate surface area is 87.4 Å². The molecule has 86 valence electrons. The first-order valence-electron chi connectivity index (χ1n) is 5.12. The standard InChI is InChI=1S/C10H23O3P/c1-6-13-14(11,12)8-9(2)7-10(3,4)5/h9H,6-8H2,1-5H3,(H,11,12). The average Bonchev–Trinajstić information content (AvgIpc) is 1.78. The molecular formula is C10H23O3P. The molecule has 4 heteroatoms. The molecule has 2 atom stereocenters. The van der Waals surface area contributed by atoms with Gasteiger partial charge in [-0.3, -0.25) is 4.57 Å². The van der Waals surface area contributed by atoms with Crippen molar-refractivity contribution in [1.29, 1.82) is 0 Å². The molecule has 0 saturated heterocycles. The van der Waals surface area contributed by atoms with Gasteiger partial charge in [0.05, 0.1) is 12.8 Å². The maximum absolute atomic E-state index is 11.4. The Hall–Kier alpha value is 0.150. The third-order valence-electron chi connectivity index (χ3n) is 1.83. The number of hydrogen-bond acceptors (Lipinski definition) is 2. The molecule has 0 rings (SSSR count). The number of rotatable bonds is 5. The van der Waals surface area contributed by atoms with Crippen LogP contribution in [0.2, 0.25) is 0 Å². The van der Waals surface area contributed by atoms with Crippen molar-refractivity contribution < 1.29 is 14.0 Å². The molecule has 2 unspecified atom stereocenters. The second kappa shape index (κ2) is 5.29. The van der Waals surface area contributed by atoms with E-state index in [2.05, 4.69) is 20.8 Å². The minimum absolute atomic E-state index is 0.200. The van der Waals surface area contributed by atoms with Crippen molar-refractivity contribution in [2.24, 2.45) is 11.3 Å². The summed E-state index contributed by atoms with van der Waals surface area (Å²) in [6.07, 6.45) is 1.20. The molecular weight excluding hydrogens is 199 g/mol. The highest BCUT2D eigenvalue weighted by Gasteiger charge is 2.25. The quantitative estimate of drug-likeness (QED) is 0.726. The third kappa shape index (κ3) is 7.54. The molecule has 0 spiro atoms. The normalized spacial score (nSPS) is 19.0. The highest BCUT2D eigenvalue weighted by Crippen LogP contribution is 2.45. The van der Waals surface area contributed by atoms with Crippen molar-refractivity contribution >= 4 is 7.60 Å². The van der Waals surface area contributed by atoms with Crippen LogP contribution in [-0.2, 0) is 9.09 Å². The second-order valence-corrected chi connectivity index (χ2v) is 7.01. The Morgan fingerprint density at radius 1 is 1.43 bits per heavy atom. The van der Waals surface area contributed by atoms with Gasteiger partial charge in [0.1, 0.15) is 0 Å². The van der Waals surface area contributed by atoms with Crippen molar-refractivity contribution in [3.8, 4) is 0 Å². The molecule has 0 aromatic carbocycles. The van der Waals surface area contributed by atoms with Crippen LogP contribution < -0.4 is 0 Å². The van der Waals surface area contributed by atoms with E-state index in [0.717, 1.165) is 6.42 Å². The maximum Gasteiger partial charge on any atom is 0.328 e. The SMILES string of the molecule is CCOP(=O)(O)CC(C)CC(C)(C)C. The first-order chi connectivity index (χ1) is 6.16. The predicted octanol–water partition coefficient (Wildman–Crippen LogP) is 3.28. The monoisotopic (exact) mass is 222 g/mol. The van der Waals surface area contributed by atoms with Gasteiger partial charge in [-0.1, -0.05) is 27.7 Å². The minimum Gasteiger partial charge on any atom is -0.324 e. The summed E-state index contributed by atoms with van der Waals surface area (Å²) >= 11 is 0. The maximum atomic E-state index is 11.4. The Kier molecular flexibility index (Phi) is 5.35. The van der Waals surface area contributed by atoms with Gasteiger partial charge < -0.3 is 9.42 Å². The molecule has 0 aliphatic rings. The molecule has 0 heterocycles. The van der Waals surface area contributed by atoms with Crippen molar-refractivity contribution in [1.82, 2.24) is 0 Å². The van der Waals surface area contributed by atoms with Gasteiger partial charge in [0.25, 0.3) is 0 Å². The van der Waals surface area contributed by atoms with E-state index in [1.165, 1.54) is 0 Å². The van der Waals surface area contributed by atoms with Gasteiger partial charge in [-0.25, -0.2) is 0 Å². The first-order valence-corrected chi connectivity index (χ1v) is 6.89. The van der Waals surface area contributed by atoms with Gasteiger partial charge in [0.15, 0.2) is 0 Å². The van der Waals surface area contributed by atoms with Crippen LogP contribution in [0.5, 0.6) is 0 Å². The Balaban J connectivity index is 4.06. The molecule has 1 N–H and O–H groups in total. The Morgan fingerprint density at radius 3 is 2.29 bits per heavy atom. The lowest BCUT2D eigenvalue weighted by Crippen LogP contribution is -2.14. The van der Waals surface area contributed by atoms with E-state index in [1.807, 2.05) is 6.92 Å². The van der Waals surface area contributed by atoms with E-state index in [9.17, 15) is 9.46 Å². The van der Waals surface area contributed by atoms with Crippen molar-refractivity contribution in [3.63, 3.8) is 0 Å². The van der Waals surface area contributed by atoms with Gasteiger partial charge >= 0.3 is 7.60 Å². The molecule has 0 fully saturated rings. The number of hydrogen-bond donors (Lipinski definition) is 1. The van der Waals surface area contributed by atoms with Gasteiger partial charge in [0, 0.05) is 0 Å². The van der Waals surface area contributed by atoms with Crippen LogP contribution in [0.1, 0.15) is 41.0 Å². The van der Waals surface area contributed by atoms with Crippen LogP contribution in [0.4, 0.5) is 0 Å². The van der Waals surface area contributed by atoms with E-state index in [-0.39, 0.29) is 17.5 Å². The van der Waals surface area contributed by atoms with Gasteiger partial charge in [0.2, 0.25) is 0 Å². The summed E-state index contributed by atoms with van der Waals surface area (Å²) in [4.78, 5) is 9.42. The van der Waals surface area contributed by atoms with E-state index >= 15 is 0 Å². The summed E-state index contributed by atoms with van der Waals surface area (Å²) in [5.74, 6) is 0.220. The minimum atomic E-state index is -3.33. The zero-order valence-electron chi connectivity index (χ0n) is 9.91. The smallest absolute Gasteiger partial charge is 0.324 e. The van der Waals surface area contributed by atoms with Crippen LogP contribution in [0.15, 0.2) is 0 Å². The van der Waals surface area contributed by atoms with Crippen LogP contribution in [0.25, 0.3) is 0 Å². The molecule has 0 aromatic heterocycles. The highest BCUT2D eigenvalue weighted by molar-refractivity contribution is 7.52. The fourth-order valence-corrected chi connectivity index (χ4v) is 3.18. The predicted molar refractivity (Wildman–Crippen MR) is 59.6 cm³/mol. The molecule has 0 aliphatic carbocycles. The summed E-state index contributed by atoms with van der Waals surface area (Å²) in [5, 5.41) is 0. The molecule has 0 bridgehead atoms. The van der Waals surface area contributed by atoms with Crippen LogP contribution >= 0.6 is 7.60 Å². The van der Waals surface area contributed by atoms with E-state index in [0.29, 0.717) is 6.61 Å². The zero-order valence-corrected chi connectivity index (χ0v) is 10.8. The molecule has 0 saturated carbocycles. The molecule has 0 aromatic rings. The van der Waals surface area contributed by atoms with Crippen LogP contribution in [-0.4, -0.2) is 17.7 Å². The van der Waals surface area contributed by atoms with E-state index in [4.69, 9.17) is 4.52 Å². The second-order valence-electron chi connectivity index (χ2n) is 5.11. The van der Waals surface area contributed by atoms with Crippen LogP contribution in [0.3, 0.4) is 0 Å². The topological polar surface area (TPSA) is 46.5 Å². The van der Waals surface area contributed by atoms with E-state index in [1.54, 1.807) is 6.92 Å². The lowest BCUT2D eigenvalue weighted by atomic mass is 9.86. The summed E-state index contributed by atoms with van der Waals surface area (Å²) in [5.41, 5.74) is 0.200. The van der Waals surface area contributed by atoms with Crippen molar-refractivity contribution in [2.45, 2.75) is 41.0 Å². The summed E-state index contributed by atoms with van der Waals surface area (Å²) in [6.45, 7) is 10.4. The summed E-state index contributed by atoms with van der Waals surface area (Å²) < 4.78 is 16.3. The molecule has 0 amide bonds. The zero-order chi connectivity index (χ0) is 11.4. The molecule has 0 radical (unpaired) electrons. The van der Waals surface area contributed by atoms with E-state index < -0.39 is 7.60 Å². The fourth-order valence-electron chi connectivity index (χ4n) is 1.76. The van der Waals surface area contributed by atoms with Crippen molar-refractivity contribution in [3.05, 3.63) is 0 Å². The molecule has 3 nitrogen and oxygen atoms in total. The average molecular weight is 222 g/mol. The highest BCUT2D eigenvalue weighted by atomic mass is 31.2. The molecule has 14 heavy (non-hydrogen) atoms. The summed E-state index contributed by atoms with van der Waals surface area (Å²) in [6, 6.07) is 0. The van der Waals surface area contributed by atoms with Gasteiger partial charge in [-0.15, -0.1) is 0 Å². The fraction of sp³-hybridized carbons (Fsp3) is 1.00. The van der Waals surface area contributed by atoms with Crippen molar-refractivity contribution in [2.75, 3.05) is 12.8 Å². The van der Waals surface area contributed by atoms with Crippen LogP contribution in [0, 0.1) is 11.3 Å². The molecule has 0 aliphatic heterocycles. The first kappa shape index (κ1) is 14.2. The Bertz CT molecular complexity index is 208. The largest absolute Gasteiger partial charge is 0.328 e. The third-order valence-corrected chi connectivity index (χ3v) is 3.58. The van der Waals surface area contributed by atoms with Gasteiger partial charge in [-0.2, -0.15) is 0 Å². The lowest BCUT2D eigenvalue weighted by molar-refractivity contribution is 0.258. The van der Waals surface area contributed by atoms with Gasteiger partial charge in [-0.05, 0) is 24.7 Å². The summed E-state index contributed by atoms with van der Waals surface area (Å²) in [7, 11) is -3.33. The Morgan fingerprint density at radius 2 is 1.93 bits per heavy atom. The lowest BCUT2D eigenvalue weighted by Gasteiger charge is -2.24.